The summed E-state index contributed by atoms with van der Waals surface area (Å²) in [6, 6.07) is 32.4. The Bertz CT molecular complexity index is 1470. The third-order valence-corrected chi connectivity index (χ3v) is 6.99. The second-order valence-corrected chi connectivity index (χ2v) is 10.4. The Balaban J connectivity index is 1.58. The number of anilines is 1. The predicted molar refractivity (Wildman–Crippen MR) is 165 cm³/mol. The van der Waals surface area contributed by atoms with E-state index in [0.29, 0.717) is 5.69 Å². The third-order valence-electron chi connectivity index (χ3n) is 6.50. The fourth-order valence-electron chi connectivity index (χ4n) is 4.38. The SMILES string of the molecule is COC(=O)CNC(c1ccccc1)c1cc(Br)ccc1NC(=O)C(Cc1ccccc1)NC(=O)OCc1ccccc1. The zero-order valence-electron chi connectivity index (χ0n) is 23.1. The molecule has 216 valence electrons. The lowest BCUT2D eigenvalue weighted by Gasteiger charge is -2.24. The molecule has 9 heteroatoms. The summed E-state index contributed by atoms with van der Waals surface area (Å²) in [5.74, 6) is -0.837. The average Bonchev–Trinajstić information content (AvgIpc) is 3.02. The summed E-state index contributed by atoms with van der Waals surface area (Å²) in [5.41, 5.74) is 3.84. The van der Waals surface area contributed by atoms with Gasteiger partial charge in [0.15, 0.2) is 0 Å². The number of ether oxygens (including phenoxy) is 2. The number of hydrogen-bond acceptors (Lipinski definition) is 6. The van der Waals surface area contributed by atoms with E-state index in [-0.39, 0.29) is 19.6 Å². The molecule has 2 amide bonds. The maximum absolute atomic E-state index is 13.7. The van der Waals surface area contributed by atoms with Gasteiger partial charge < -0.3 is 20.1 Å². The molecule has 2 unspecified atom stereocenters. The lowest BCUT2D eigenvalue weighted by Crippen LogP contribution is -2.45. The van der Waals surface area contributed by atoms with Crippen molar-refractivity contribution in [1.82, 2.24) is 10.6 Å². The van der Waals surface area contributed by atoms with E-state index in [2.05, 4.69) is 31.9 Å². The second kappa shape index (κ2) is 15.5. The second-order valence-electron chi connectivity index (χ2n) is 9.47. The summed E-state index contributed by atoms with van der Waals surface area (Å²) in [6.45, 7) is 0.0369. The maximum Gasteiger partial charge on any atom is 0.408 e. The first-order valence-corrected chi connectivity index (χ1v) is 14.2. The number of rotatable bonds is 12. The number of halogens is 1. The van der Waals surface area contributed by atoms with Gasteiger partial charge in [-0.1, -0.05) is 107 Å². The molecule has 0 aliphatic heterocycles. The lowest BCUT2D eigenvalue weighted by molar-refractivity contribution is -0.139. The number of hydrogen-bond donors (Lipinski definition) is 3. The maximum atomic E-state index is 13.7. The first-order valence-electron chi connectivity index (χ1n) is 13.4. The van der Waals surface area contributed by atoms with Crippen LogP contribution in [0, 0.1) is 0 Å². The summed E-state index contributed by atoms with van der Waals surface area (Å²) in [6.07, 6.45) is -0.449. The molecule has 8 nitrogen and oxygen atoms in total. The van der Waals surface area contributed by atoms with Gasteiger partial charge in [-0.05, 0) is 40.5 Å². The average molecular weight is 631 g/mol. The molecule has 2 atom stereocenters. The number of amides is 2. The van der Waals surface area contributed by atoms with Gasteiger partial charge in [0.05, 0.1) is 19.7 Å². The first-order chi connectivity index (χ1) is 20.4. The molecule has 4 rings (SSSR count). The minimum atomic E-state index is -0.926. The molecule has 0 saturated carbocycles. The van der Waals surface area contributed by atoms with Gasteiger partial charge in [0.2, 0.25) is 5.91 Å². The quantitative estimate of drug-likeness (QED) is 0.172. The van der Waals surface area contributed by atoms with E-state index >= 15 is 0 Å². The van der Waals surface area contributed by atoms with E-state index in [0.717, 1.165) is 26.7 Å². The summed E-state index contributed by atoms with van der Waals surface area (Å²) >= 11 is 3.53. The van der Waals surface area contributed by atoms with E-state index in [1.54, 1.807) is 6.07 Å². The fourth-order valence-corrected chi connectivity index (χ4v) is 4.76. The molecule has 0 spiro atoms. The smallest absolute Gasteiger partial charge is 0.408 e. The molecular formula is C33H32BrN3O5. The van der Waals surface area contributed by atoms with Crippen LogP contribution in [0.2, 0.25) is 0 Å². The highest BCUT2D eigenvalue weighted by Crippen LogP contribution is 2.31. The van der Waals surface area contributed by atoms with Crippen LogP contribution in [0.25, 0.3) is 0 Å². The molecule has 4 aromatic rings. The lowest BCUT2D eigenvalue weighted by atomic mass is 9.96. The van der Waals surface area contributed by atoms with Crippen LogP contribution in [0.1, 0.15) is 28.3 Å². The van der Waals surface area contributed by atoms with Gasteiger partial charge in [-0.2, -0.15) is 0 Å². The number of alkyl carbamates (subject to hydrolysis) is 1. The monoisotopic (exact) mass is 629 g/mol. The Morgan fingerprint density at radius 3 is 2.07 bits per heavy atom. The number of carbonyl (C=O) groups excluding carboxylic acids is 3. The molecule has 0 aliphatic carbocycles. The fraction of sp³-hybridized carbons (Fsp3) is 0.182. The van der Waals surface area contributed by atoms with Crippen LogP contribution < -0.4 is 16.0 Å². The minimum Gasteiger partial charge on any atom is -0.468 e. The minimum absolute atomic E-state index is 0.0403. The van der Waals surface area contributed by atoms with Gasteiger partial charge in [0.1, 0.15) is 12.6 Å². The van der Waals surface area contributed by atoms with Crippen LogP contribution in [0.3, 0.4) is 0 Å². The van der Waals surface area contributed by atoms with Gasteiger partial charge in [0.25, 0.3) is 0 Å². The Kier molecular flexibility index (Phi) is 11.3. The zero-order valence-corrected chi connectivity index (χ0v) is 24.7. The molecule has 0 aromatic heterocycles. The summed E-state index contributed by atoms with van der Waals surface area (Å²) in [4.78, 5) is 38.5. The van der Waals surface area contributed by atoms with Crippen molar-refractivity contribution in [3.05, 3.63) is 136 Å². The van der Waals surface area contributed by atoms with Crippen molar-refractivity contribution >= 4 is 39.6 Å². The summed E-state index contributed by atoms with van der Waals surface area (Å²) < 4.78 is 11.0. The van der Waals surface area contributed by atoms with Crippen molar-refractivity contribution in [3.8, 4) is 0 Å². The number of esters is 1. The van der Waals surface area contributed by atoms with E-state index in [1.165, 1.54) is 7.11 Å². The van der Waals surface area contributed by atoms with Crippen LogP contribution in [0.5, 0.6) is 0 Å². The van der Waals surface area contributed by atoms with E-state index in [4.69, 9.17) is 9.47 Å². The van der Waals surface area contributed by atoms with E-state index < -0.39 is 30.1 Å². The van der Waals surface area contributed by atoms with Crippen molar-refractivity contribution < 1.29 is 23.9 Å². The van der Waals surface area contributed by atoms with Gasteiger partial charge in [-0.3, -0.25) is 14.9 Å². The van der Waals surface area contributed by atoms with Gasteiger partial charge in [-0.15, -0.1) is 0 Å². The van der Waals surface area contributed by atoms with Crippen LogP contribution >= 0.6 is 15.9 Å². The molecule has 4 aromatic carbocycles. The number of methoxy groups -OCH3 is 1. The third kappa shape index (κ3) is 9.02. The normalized spacial score (nSPS) is 12.0. The van der Waals surface area contributed by atoms with Crippen LogP contribution in [-0.2, 0) is 32.1 Å². The topological polar surface area (TPSA) is 106 Å². The standard InChI is InChI=1S/C33H32BrN3O5/c1-41-30(38)21-35-31(25-15-9-4-10-16-25)27-20-26(34)17-18-28(27)36-32(39)29(19-23-11-5-2-6-12-23)37-33(40)42-22-24-13-7-3-8-14-24/h2-18,20,29,31,35H,19,21-22H2,1H3,(H,36,39)(H,37,40). The Hall–Kier alpha value is -4.47. The molecule has 0 bridgehead atoms. The molecule has 0 fully saturated rings. The predicted octanol–water partition coefficient (Wildman–Crippen LogP) is 5.78. The van der Waals surface area contributed by atoms with Crippen molar-refractivity contribution in [2.45, 2.75) is 25.1 Å². The molecule has 0 radical (unpaired) electrons. The highest BCUT2D eigenvalue weighted by Gasteiger charge is 2.25. The molecule has 42 heavy (non-hydrogen) atoms. The van der Waals surface area contributed by atoms with Gasteiger partial charge in [0, 0.05) is 16.6 Å². The summed E-state index contributed by atoms with van der Waals surface area (Å²) in [7, 11) is 1.33. The van der Waals surface area contributed by atoms with E-state index in [9.17, 15) is 14.4 Å². The number of benzene rings is 4. The molecule has 0 heterocycles. The highest BCUT2D eigenvalue weighted by atomic mass is 79.9. The molecular weight excluding hydrogens is 598 g/mol. The van der Waals surface area contributed by atoms with Gasteiger partial charge in [-0.25, -0.2) is 4.79 Å². The number of carbonyl (C=O) groups is 3. The number of nitrogens with one attached hydrogen (secondary N) is 3. The highest BCUT2D eigenvalue weighted by molar-refractivity contribution is 9.10. The molecule has 3 N–H and O–H groups in total. The Morgan fingerprint density at radius 1 is 0.810 bits per heavy atom. The van der Waals surface area contributed by atoms with Crippen molar-refractivity contribution in [1.29, 1.82) is 0 Å². The summed E-state index contributed by atoms with van der Waals surface area (Å²) in [5, 5.41) is 8.98. The molecule has 0 saturated heterocycles. The van der Waals surface area contributed by atoms with Crippen LogP contribution in [0.15, 0.2) is 114 Å². The van der Waals surface area contributed by atoms with Crippen LogP contribution in [-0.4, -0.2) is 37.7 Å². The molecule has 0 aliphatic rings. The largest absolute Gasteiger partial charge is 0.468 e. The first kappa shape index (κ1) is 30.5. The van der Waals surface area contributed by atoms with Crippen molar-refractivity contribution in [2.75, 3.05) is 19.0 Å². The van der Waals surface area contributed by atoms with Gasteiger partial charge >= 0.3 is 12.1 Å². The Labute approximate surface area is 253 Å². The van der Waals surface area contributed by atoms with Crippen molar-refractivity contribution in [3.63, 3.8) is 0 Å². The van der Waals surface area contributed by atoms with E-state index in [1.807, 2.05) is 103 Å². The Morgan fingerprint density at radius 2 is 1.43 bits per heavy atom. The zero-order chi connectivity index (χ0) is 29.7. The van der Waals surface area contributed by atoms with Crippen molar-refractivity contribution in [2.24, 2.45) is 0 Å². The van der Waals surface area contributed by atoms with Crippen LogP contribution in [0.4, 0.5) is 10.5 Å².